The van der Waals surface area contributed by atoms with Gasteiger partial charge in [0.15, 0.2) is 0 Å². The van der Waals surface area contributed by atoms with E-state index in [1.165, 1.54) is 12.6 Å². The van der Waals surface area contributed by atoms with Crippen LogP contribution in [-0.4, -0.2) is 36.0 Å². The molecule has 2 aliphatic rings. The zero-order valence-corrected chi connectivity index (χ0v) is 10.3. The third-order valence-electron chi connectivity index (χ3n) is 3.94. The summed E-state index contributed by atoms with van der Waals surface area (Å²) in [7, 11) is -3.45. The maximum atomic E-state index is 12.3. The molecule has 0 spiro atoms. The van der Waals surface area contributed by atoms with Crippen molar-refractivity contribution in [1.82, 2.24) is 14.5 Å². The minimum absolute atomic E-state index is 0.109. The summed E-state index contributed by atoms with van der Waals surface area (Å²) in [6.45, 7) is 1.27. The molecule has 1 aliphatic heterocycles. The molecule has 1 aromatic heterocycles. The van der Waals surface area contributed by atoms with Crippen LogP contribution in [0.25, 0.3) is 0 Å². The van der Waals surface area contributed by atoms with Gasteiger partial charge in [-0.1, -0.05) is 6.42 Å². The average molecular weight is 256 g/mol. The third kappa shape index (κ3) is 1.64. The van der Waals surface area contributed by atoms with Crippen LogP contribution in [0.3, 0.4) is 0 Å². The molecule has 3 rings (SSSR count). The number of hydrogen-bond acceptors (Lipinski definition) is 4. The Morgan fingerprint density at radius 3 is 2.53 bits per heavy atom. The van der Waals surface area contributed by atoms with Gasteiger partial charge in [0, 0.05) is 13.1 Å². The summed E-state index contributed by atoms with van der Waals surface area (Å²) in [5.41, 5.74) is 5.59. The number of nitrogens with two attached hydrogens (primary N) is 1. The van der Waals surface area contributed by atoms with Gasteiger partial charge in [0.25, 0.3) is 0 Å². The molecule has 17 heavy (non-hydrogen) atoms. The number of nitrogen functional groups attached to an aromatic ring is 1. The van der Waals surface area contributed by atoms with Crippen molar-refractivity contribution in [3.8, 4) is 0 Å². The first-order valence-electron chi connectivity index (χ1n) is 5.88. The summed E-state index contributed by atoms with van der Waals surface area (Å²) in [5.74, 6) is 1.21. The Hall–Kier alpha value is -1.08. The van der Waals surface area contributed by atoms with Gasteiger partial charge in [-0.2, -0.15) is 9.40 Å². The van der Waals surface area contributed by atoms with Gasteiger partial charge in [-0.25, -0.2) is 8.42 Å². The van der Waals surface area contributed by atoms with Crippen LogP contribution in [-0.2, 0) is 10.0 Å². The van der Waals surface area contributed by atoms with Gasteiger partial charge in [-0.05, 0) is 24.7 Å². The molecule has 6 nitrogen and oxygen atoms in total. The van der Waals surface area contributed by atoms with Crippen molar-refractivity contribution >= 4 is 15.8 Å². The first kappa shape index (κ1) is 11.0. The fourth-order valence-electron chi connectivity index (χ4n) is 3.02. The first-order valence-corrected chi connectivity index (χ1v) is 7.32. The fraction of sp³-hybridized carbons (Fsp3) is 0.700. The second-order valence-electron chi connectivity index (χ2n) is 4.92. The van der Waals surface area contributed by atoms with Gasteiger partial charge < -0.3 is 5.73 Å². The van der Waals surface area contributed by atoms with Crippen LogP contribution >= 0.6 is 0 Å². The number of rotatable bonds is 2. The summed E-state index contributed by atoms with van der Waals surface area (Å²) in [5, 5.41) is 6.15. The minimum atomic E-state index is -3.45. The van der Waals surface area contributed by atoms with Crippen LogP contribution < -0.4 is 5.73 Å². The lowest BCUT2D eigenvalue weighted by molar-refractivity contribution is 0.446. The molecule has 1 aliphatic carbocycles. The highest BCUT2D eigenvalue weighted by Gasteiger charge is 2.42. The van der Waals surface area contributed by atoms with E-state index in [0.29, 0.717) is 24.9 Å². The van der Waals surface area contributed by atoms with Crippen molar-refractivity contribution in [1.29, 1.82) is 0 Å². The Labute approximate surface area is 100 Å². The van der Waals surface area contributed by atoms with Crippen molar-refractivity contribution in [3.63, 3.8) is 0 Å². The first-order chi connectivity index (χ1) is 8.09. The summed E-state index contributed by atoms with van der Waals surface area (Å²) in [6.07, 6.45) is 4.82. The van der Waals surface area contributed by atoms with Crippen molar-refractivity contribution in [2.75, 3.05) is 18.8 Å². The van der Waals surface area contributed by atoms with E-state index in [2.05, 4.69) is 10.2 Å². The maximum Gasteiger partial charge on any atom is 0.248 e. The number of sulfonamides is 1. The highest BCUT2D eigenvalue weighted by Crippen LogP contribution is 2.40. The molecular formula is C10H16N4O2S. The molecule has 94 valence electrons. The van der Waals surface area contributed by atoms with E-state index in [-0.39, 0.29) is 10.7 Å². The highest BCUT2D eigenvalue weighted by molar-refractivity contribution is 7.89. The molecule has 3 N–H and O–H groups in total. The molecule has 7 heteroatoms. The lowest BCUT2D eigenvalue weighted by Crippen LogP contribution is -2.29. The number of anilines is 1. The van der Waals surface area contributed by atoms with Gasteiger partial charge in [0.2, 0.25) is 10.0 Å². The van der Waals surface area contributed by atoms with E-state index < -0.39 is 10.0 Å². The maximum absolute atomic E-state index is 12.3. The van der Waals surface area contributed by atoms with Crippen LogP contribution in [0.1, 0.15) is 19.3 Å². The number of H-pyrrole nitrogens is 1. The topological polar surface area (TPSA) is 92.1 Å². The Balaban J connectivity index is 1.88. The number of aromatic amines is 1. The minimum Gasteiger partial charge on any atom is -0.383 e. The number of fused-ring (bicyclic) bond motifs is 1. The van der Waals surface area contributed by atoms with E-state index in [1.54, 1.807) is 4.31 Å². The number of hydrogen-bond donors (Lipinski definition) is 2. The number of nitrogens with one attached hydrogen (secondary N) is 1. The summed E-state index contributed by atoms with van der Waals surface area (Å²) >= 11 is 0. The Kier molecular flexibility index (Phi) is 2.41. The van der Waals surface area contributed by atoms with Crippen molar-refractivity contribution < 1.29 is 8.42 Å². The quantitative estimate of drug-likeness (QED) is 0.801. The molecule has 0 bridgehead atoms. The Bertz CT molecular complexity index is 512. The van der Waals surface area contributed by atoms with Crippen molar-refractivity contribution in [3.05, 3.63) is 6.20 Å². The van der Waals surface area contributed by atoms with Crippen LogP contribution in [0.2, 0.25) is 0 Å². The Morgan fingerprint density at radius 2 is 2.00 bits per heavy atom. The second-order valence-corrected chi connectivity index (χ2v) is 6.83. The molecular weight excluding hydrogens is 240 g/mol. The molecule has 2 unspecified atom stereocenters. The molecule has 1 saturated heterocycles. The fourth-order valence-corrected chi connectivity index (χ4v) is 4.58. The van der Waals surface area contributed by atoms with E-state index >= 15 is 0 Å². The van der Waals surface area contributed by atoms with Crippen LogP contribution in [0, 0.1) is 11.8 Å². The van der Waals surface area contributed by atoms with Gasteiger partial charge in [-0.3, -0.25) is 5.10 Å². The standard InChI is InChI=1S/C10H16N4O2S/c11-10-9(4-12-13-10)17(15,16)14-5-7-2-1-3-8(7)6-14/h4,7-8H,1-3,5-6H2,(H3,11,12,13). The van der Waals surface area contributed by atoms with Crippen LogP contribution in [0.5, 0.6) is 0 Å². The molecule has 1 aromatic rings. The summed E-state index contributed by atoms with van der Waals surface area (Å²) in [6, 6.07) is 0. The highest BCUT2D eigenvalue weighted by atomic mass is 32.2. The number of aromatic nitrogens is 2. The lowest BCUT2D eigenvalue weighted by atomic mass is 10.0. The van der Waals surface area contributed by atoms with Crippen molar-refractivity contribution in [2.24, 2.45) is 11.8 Å². The summed E-state index contributed by atoms with van der Waals surface area (Å²) in [4.78, 5) is 0.109. The molecule has 2 heterocycles. The predicted molar refractivity (Wildman–Crippen MR) is 62.6 cm³/mol. The third-order valence-corrected chi connectivity index (χ3v) is 5.80. The SMILES string of the molecule is Nc1[nH]ncc1S(=O)(=O)N1CC2CCCC2C1. The molecule has 1 saturated carbocycles. The number of nitrogens with zero attached hydrogens (tertiary/aromatic N) is 2. The zero-order chi connectivity index (χ0) is 12.0. The lowest BCUT2D eigenvalue weighted by Gasteiger charge is -2.16. The van der Waals surface area contributed by atoms with Crippen molar-refractivity contribution in [2.45, 2.75) is 24.2 Å². The molecule has 0 aromatic carbocycles. The van der Waals surface area contributed by atoms with Crippen LogP contribution in [0.15, 0.2) is 11.1 Å². The Morgan fingerprint density at radius 1 is 1.35 bits per heavy atom. The summed E-state index contributed by atoms with van der Waals surface area (Å²) < 4.78 is 26.2. The van der Waals surface area contributed by atoms with Gasteiger partial charge >= 0.3 is 0 Å². The molecule has 2 atom stereocenters. The zero-order valence-electron chi connectivity index (χ0n) is 9.46. The van der Waals surface area contributed by atoms with E-state index in [0.717, 1.165) is 12.8 Å². The largest absolute Gasteiger partial charge is 0.383 e. The van der Waals surface area contributed by atoms with E-state index in [1.807, 2.05) is 0 Å². The normalized spacial score (nSPS) is 29.6. The van der Waals surface area contributed by atoms with Gasteiger partial charge in [0.1, 0.15) is 10.7 Å². The predicted octanol–water partition coefficient (Wildman–Crippen LogP) is 0.412. The van der Waals surface area contributed by atoms with Crippen LogP contribution in [0.4, 0.5) is 5.82 Å². The smallest absolute Gasteiger partial charge is 0.248 e. The average Bonchev–Trinajstić information content (AvgIpc) is 2.89. The monoisotopic (exact) mass is 256 g/mol. The second kappa shape index (κ2) is 3.71. The molecule has 2 fully saturated rings. The molecule has 0 amide bonds. The van der Waals surface area contributed by atoms with Gasteiger partial charge in [-0.15, -0.1) is 0 Å². The van der Waals surface area contributed by atoms with E-state index in [4.69, 9.17) is 5.73 Å². The molecule has 0 radical (unpaired) electrons. The van der Waals surface area contributed by atoms with E-state index in [9.17, 15) is 8.42 Å². The van der Waals surface area contributed by atoms with Gasteiger partial charge in [0.05, 0.1) is 6.20 Å².